The van der Waals surface area contributed by atoms with E-state index in [-0.39, 0.29) is 35.3 Å². The van der Waals surface area contributed by atoms with Gasteiger partial charge in [0.15, 0.2) is 0 Å². The van der Waals surface area contributed by atoms with E-state index in [4.69, 9.17) is 4.98 Å². The van der Waals surface area contributed by atoms with Gasteiger partial charge in [0, 0.05) is 82.1 Å². The van der Waals surface area contributed by atoms with Crippen LogP contribution in [0.1, 0.15) is 62.0 Å². The maximum atomic E-state index is 14.0. The van der Waals surface area contributed by atoms with E-state index < -0.39 is 6.10 Å². The quantitative estimate of drug-likeness (QED) is 0.0706. The highest BCUT2D eigenvalue weighted by Gasteiger charge is 2.27. The number of fused-ring (bicyclic) bond motifs is 1. The smallest absolute Gasteiger partial charge is 0.258 e. The molecule has 7 aromatic heterocycles. The van der Waals surface area contributed by atoms with E-state index in [9.17, 15) is 14.7 Å². The predicted octanol–water partition coefficient (Wildman–Crippen LogP) is 6.96. The molecule has 0 amide bonds. The van der Waals surface area contributed by atoms with Gasteiger partial charge in [-0.2, -0.15) is 0 Å². The molecule has 2 aliphatic rings. The summed E-state index contributed by atoms with van der Waals surface area (Å²) in [6, 6.07) is 17.4. The van der Waals surface area contributed by atoms with E-state index in [2.05, 4.69) is 46.2 Å². The third-order valence-corrected chi connectivity index (χ3v) is 13.0. The molecule has 7 heterocycles. The molecule has 0 aliphatic heterocycles. The van der Waals surface area contributed by atoms with Crippen LogP contribution in [-0.4, -0.2) is 74.6 Å². The fourth-order valence-corrected chi connectivity index (χ4v) is 9.36. The average Bonchev–Trinajstić information content (AvgIpc) is 4.02. The molecule has 2 saturated carbocycles. The van der Waals surface area contributed by atoms with Gasteiger partial charge in [-0.3, -0.25) is 14.2 Å². The maximum Gasteiger partial charge on any atom is 0.258 e. The minimum atomic E-state index is -0.770. The van der Waals surface area contributed by atoms with Crippen molar-refractivity contribution in [2.45, 2.75) is 87.2 Å². The number of hydrogen-bond donors (Lipinski definition) is 5. The topological polar surface area (TPSA) is 190 Å². The molecule has 0 bridgehead atoms. The highest BCUT2D eigenvalue weighted by atomic mass is 32.2. The number of anilines is 4. The first kappa shape index (κ1) is 40.2. The van der Waals surface area contributed by atoms with Crippen molar-refractivity contribution in [1.82, 2.24) is 39.0 Å². The van der Waals surface area contributed by atoms with Crippen LogP contribution in [0.15, 0.2) is 112 Å². The minimum absolute atomic E-state index is 0.0992. The average molecular weight is 855 g/mol. The van der Waals surface area contributed by atoms with Crippen molar-refractivity contribution in [3.05, 3.63) is 129 Å². The van der Waals surface area contributed by atoms with Gasteiger partial charge in [-0.05, 0) is 99.7 Å². The van der Waals surface area contributed by atoms with Crippen molar-refractivity contribution in [2.75, 3.05) is 27.5 Å². The number of nitrogens with one attached hydrogen (secondary N) is 4. The van der Waals surface area contributed by atoms with Crippen molar-refractivity contribution in [3.63, 3.8) is 0 Å². The van der Waals surface area contributed by atoms with Crippen LogP contribution in [0.25, 0.3) is 27.0 Å². The van der Waals surface area contributed by atoms with Gasteiger partial charge >= 0.3 is 0 Å². The van der Waals surface area contributed by atoms with Gasteiger partial charge < -0.3 is 30.9 Å². The van der Waals surface area contributed by atoms with Crippen molar-refractivity contribution in [2.24, 2.45) is 0 Å². The molecule has 15 nitrogen and oxygen atoms in total. The number of pyridine rings is 4. The lowest BCUT2D eigenvalue weighted by atomic mass is 10.0. The van der Waals surface area contributed by atoms with Crippen LogP contribution in [0.4, 0.5) is 23.5 Å². The number of hydrogen-bond acceptors (Lipinski definition) is 15. The summed E-state index contributed by atoms with van der Waals surface area (Å²) in [6.45, 7) is 2.02. The number of rotatable bonds is 14. The van der Waals surface area contributed by atoms with Crippen LogP contribution in [0.5, 0.6) is 0 Å². The van der Waals surface area contributed by atoms with Crippen LogP contribution >= 0.6 is 23.1 Å². The summed E-state index contributed by atoms with van der Waals surface area (Å²) in [6.07, 6.45) is 19.3. The summed E-state index contributed by atoms with van der Waals surface area (Å²) >= 11 is 3.16. The first-order chi connectivity index (χ1) is 29.7. The van der Waals surface area contributed by atoms with Crippen molar-refractivity contribution >= 4 is 56.8 Å². The van der Waals surface area contributed by atoms with Crippen molar-refractivity contribution < 1.29 is 5.11 Å². The standard InChI is InChI=1S/C44H46N12O3S2/c1-26(57)28-15-36(27-6-12-39(45-19-27)50-29-7-9-31(16-29)52-43-47-21-35(60-2)22-48-43)42(59)55(24-28)25-34-18-37-38(61-34)23-49-44(54-37)53-32-10-8-30(17-32)51-40-13-11-33(20-46-40)56-14-4-3-5-41(56)58/h3-6,11-15,18-24,26,29-32,57H,7-10,16-17,25H2,1-2H3,(H,45,50)(H,46,51)(H,47,48,52)(H,49,53,54)/t26?,29-,30-,31-,32-/m0/s1. The molecule has 0 saturated heterocycles. The van der Waals surface area contributed by atoms with Gasteiger partial charge in [0.2, 0.25) is 11.9 Å². The zero-order valence-corrected chi connectivity index (χ0v) is 35.4. The molecule has 9 rings (SSSR count). The number of aromatic nitrogens is 8. The van der Waals surface area contributed by atoms with E-state index in [0.717, 1.165) is 75.8 Å². The Kier molecular flexibility index (Phi) is 11.8. The molecule has 2 fully saturated rings. The van der Waals surface area contributed by atoms with E-state index in [1.807, 2.05) is 61.2 Å². The lowest BCUT2D eigenvalue weighted by molar-refractivity contribution is 0.198. The third kappa shape index (κ3) is 9.43. The predicted molar refractivity (Wildman–Crippen MR) is 242 cm³/mol. The monoisotopic (exact) mass is 854 g/mol. The highest BCUT2D eigenvalue weighted by molar-refractivity contribution is 7.98. The second-order valence-electron chi connectivity index (χ2n) is 15.6. The molecule has 312 valence electrons. The Hall–Kier alpha value is -6.17. The fraction of sp³-hybridized carbons (Fsp3) is 0.318. The zero-order chi connectivity index (χ0) is 41.9. The third-order valence-electron chi connectivity index (χ3n) is 11.3. The lowest BCUT2D eigenvalue weighted by Crippen LogP contribution is -2.23. The number of aliphatic hydroxyl groups is 1. The summed E-state index contributed by atoms with van der Waals surface area (Å²) in [5.74, 6) is 2.72. The summed E-state index contributed by atoms with van der Waals surface area (Å²) < 4.78 is 4.14. The largest absolute Gasteiger partial charge is 0.389 e. The second-order valence-corrected chi connectivity index (χ2v) is 17.7. The molecule has 5 atom stereocenters. The molecule has 5 N–H and O–H groups in total. The Bertz CT molecular complexity index is 2740. The molecule has 0 spiro atoms. The summed E-state index contributed by atoms with van der Waals surface area (Å²) in [7, 11) is 0. The van der Waals surface area contributed by atoms with Crippen LogP contribution in [0.2, 0.25) is 0 Å². The second kappa shape index (κ2) is 17.8. The molecule has 0 radical (unpaired) electrons. The molecule has 2 aliphatic carbocycles. The summed E-state index contributed by atoms with van der Waals surface area (Å²) in [4.78, 5) is 55.7. The summed E-state index contributed by atoms with van der Waals surface area (Å²) in [5.41, 5.74) is 3.06. The van der Waals surface area contributed by atoms with Crippen LogP contribution < -0.4 is 32.4 Å². The lowest BCUT2D eigenvalue weighted by Gasteiger charge is -2.16. The molecule has 61 heavy (non-hydrogen) atoms. The van der Waals surface area contributed by atoms with E-state index >= 15 is 0 Å². The minimum Gasteiger partial charge on any atom is -0.389 e. The molecular weight excluding hydrogens is 809 g/mol. The molecular formula is C44H46N12O3S2. The fourth-order valence-electron chi connectivity index (χ4n) is 8.08. The normalized spacial score (nSPS) is 19.2. The van der Waals surface area contributed by atoms with Gasteiger partial charge in [0.25, 0.3) is 11.1 Å². The Morgan fingerprint density at radius 1 is 0.787 bits per heavy atom. The zero-order valence-electron chi connectivity index (χ0n) is 33.7. The van der Waals surface area contributed by atoms with Crippen LogP contribution in [0, 0.1) is 0 Å². The Labute approximate surface area is 360 Å². The van der Waals surface area contributed by atoms with Gasteiger partial charge in [0.1, 0.15) is 11.6 Å². The number of nitrogens with zero attached hydrogens (tertiary/aromatic N) is 8. The first-order valence-corrected chi connectivity index (χ1v) is 22.5. The van der Waals surface area contributed by atoms with Gasteiger partial charge in [-0.15, -0.1) is 23.1 Å². The molecule has 7 aromatic rings. The first-order valence-electron chi connectivity index (χ1n) is 20.4. The van der Waals surface area contributed by atoms with E-state index in [1.54, 1.807) is 76.1 Å². The van der Waals surface area contributed by atoms with Crippen molar-refractivity contribution in [3.8, 4) is 16.8 Å². The summed E-state index contributed by atoms with van der Waals surface area (Å²) in [5, 5.41) is 24.7. The van der Waals surface area contributed by atoms with Gasteiger partial charge in [0.05, 0.1) is 40.9 Å². The SMILES string of the molecule is CSc1cnc(N[C@H]2CC[C@H](Nc3ccc(-c4cc(C(C)O)cn(Cc5cc6nc(N[C@H]7CC[C@H](Nc8ccc(-n9ccccc9=O)cn8)C7)ncc6s5)c4=O)cn3)C2)nc1. The Morgan fingerprint density at radius 3 is 2.10 bits per heavy atom. The number of thiophene rings is 1. The van der Waals surface area contributed by atoms with Gasteiger partial charge in [-0.1, -0.05) is 6.07 Å². The molecule has 0 aromatic carbocycles. The number of aliphatic hydroxyl groups excluding tert-OH is 1. The Balaban J connectivity index is 0.822. The maximum absolute atomic E-state index is 14.0. The van der Waals surface area contributed by atoms with E-state index in [0.29, 0.717) is 35.1 Å². The Morgan fingerprint density at radius 2 is 1.46 bits per heavy atom. The molecule has 17 heteroatoms. The van der Waals surface area contributed by atoms with Crippen molar-refractivity contribution in [1.29, 1.82) is 0 Å². The van der Waals surface area contributed by atoms with Gasteiger partial charge in [-0.25, -0.2) is 29.9 Å². The number of thioether (sulfide) groups is 1. The van der Waals surface area contributed by atoms with E-state index in [1.165, 1.54) is 6.07 Å². The van der Waals surface area contributed by atoms with Crippen LogP contribution in [-0.2, 0) is 6.54 Å². The molecule has 1 unspecified atom stereocenters. The highest BCUT2D eigenvalue weighted by Crippen LogP contribution is 2.30. The van der Waals surface area contributed by atoms with Crippen LogP contribution in [0.3, 0.4) is 0 Å².